The van der Waals surface area contributed by atoms with Crippen LogP contribution in [-0.2, 0) is 16.1 Å². The zero-order valence-corrected chi connectivity index (χ0v) is 17.6. The third-order valence-corrected chi connectivity index (χ3v) is 5.37. The van der Waals surface area contributed by atoms with Crippen molar-refractivity contribution in [1.82, 2.24) is 20.0 Å². The van der Waals surface area contributed by atoms with Gasteiger partial charge in [-0.25, -0.2) is 0 Å². The van der Waals surface area contributed by atoms with E-state index in [9.17, 15) is 9.59 Å². The van der Waals surface area contributed by atoms with Gasteiger partial charge < -0.3 is 19.7 Å². The van der Waals surface area contributed by atoms with Gasteiger partial charge in [-0.2, -0.15) is 0 Å². The molecule has 2 aliphatic rings. The van der Waals surface area contributed by atoms with Crippen LogP contribution in [0.5, 0.6) is 11.5 Å². The number of piperazine rings is 1. The summed E-state index contributed by atoms with van der Waals surface area (Å²) in [6.07, 6.45) is 2.14. The van der Waals surface area contributed by atoms with E-state index in [1.807, 2.05) is 30.1 Å². The summed E-state index contributed by atoms with van der Waals surface area (Å²) in [5, 5.41) is 2.95. The molecule has 29 heavy (non-hydrogen) atoms. The molecule has 1 aliphatic heterocycles. The van der Waals surface area contributed by atoms with Crippen molar-refractivity contribution < 1.29 is 19.1 Å². The first-order valence-electron chi connectivity index (χ1n) is 10.2. The number of likely N-dealkylation sites (N-methyl/N-ethyl adjacent to an activating group) is 1. The van der Waals surface area contributed by atoms with Gasteiger partial charge in [-0.3, -0.25) is 19.4 Å². The molecule has 8 heteroatoms. The lowest BCUT2D eigenvalue weighted by Gasteiger charge is -2.35. The van der Waals surface area contributed by atoms with Gasteiger partial charge in [0, 0.05) is 44.3 Å². The molecule has 0 spiro atoms. The Hall–Kier alpha value is -2.32. The minimum atomic E-state index is -0.000133. The summed E-state index contributed by atoms with van der Waals surface area (Å²) in [4.78, 5) is 30.4. The van der Waals surface area contributed by atoms with E-state index in [0.717, 1.165) is 49.5 Å². The molecule has 2 fully saturated rings. The average molecular weight is 405 g/mol. The number of carbonyl (C=O) groups excluding carboxylic acids is 2. The third kappa shape index (κ3) is 6.33. The summed E-state index contributed by atoms with van der Waals surface area (Å²) in [5.41, 5.74) is 1.08. The van der Waals surface area contributed by atoms with E-state index >= 15 is 0 Å². The highest BCUT2D eigenvalue weighted by Crippen LogP contribution is 2.25. The lowest BCUT2D eigenvalue weighted by Crippen LogP contribution is -2.51. The van der Waals surface area contributed by atoms with Crippen LogP contribution in [0.4, 0.5) is 0 Å². The molecule has 8 nitrogen and oxygen atoms in total. The van der Waals surface area contributed by atoms with Crippen LogP contribution in [0, 0.1) is 0 Å². The van der Waals surface area contributed by atoms with Crippen LogP contribution < -0.4 is 14.8 Å². The van der Waals surface area contributed by atoms with Crippen molar-refractivity contribution in [2.75, 3.05) is 60.5 Å². The first-order valence-corrected chi connectivity index (χ1v) is 10.2. The van der Waals surface area contributed by atoms with Gasteiger partial charge in [0.05, 0.1) is 27.3 Å². The van der Waals surface area contributed by atoms with Crippen LogP contribution in [0.2, 0.25) is 0 Å². The molecule has 1 heterocycles. The van der Waals surface area contributed by atoms with Crippen molar-refractivity contribution in [3.63, 3.8) is 0 Å². The Kier molecular flexibility index (Phi) is 7.33. The van der Waals surface area contributed by atoms with Crippen molar-refractivity contribution in [2.24, 2.45) is 0 Å². The standard InChI is InChI=1S/C21H32N4O4/c1-23(14-20(26)22-17-4-5-17)15-21(27)25-10-8-24(9-11-25)13-16-12-18(28-2)6-7-19(16)29-3/h6-7,12,17H,4-5,8-11,13-15H2,1-3H3,(H,22,26). The average Bonchev–Trinajstić information content (AvgIpc) is 3.52. The second kappa shape index (κ2) is 9.93. The van der Waals surface area contributed by atoms with Crippen LogP contribution in [-0.4, -0.2) is 93.1 Å². The number of ether oxygens (including phenoxy) is 2. The van der Waals surface area contributed by atoms with Crippen LogP contribution in [0.1, 0.15) is 18.4 Å². The Morgan fingerprint density at radius 2 is 1.83 bits per heavy atom. The first kappa shape index (κ1) is 21.4. The van der Waals surface area contributed by atoms with Crippen LogP contribution in [0.15, 0.2) is 18.2 Å². The smallest absolute Gasteiger partial charge is 0.236 e. The summed E-state index contributed by atoms with van der Waals surface area (Å²) < 4.78 is 10.8. The van der Waals surface area contributed by atoms with Gasteiger partial charge in [0.2, 0.25) is 11.8 Å². The van der Waals surface area contributed by atoms with E-state index in [1.165, 1.54) is 0 Å². The maximum absolute atomic E-state index is 12.6. The Bertz CT molecular complexity index is 715. The Balaban J connectivity index is 1.43. The Labute approximate surface area is 172 Å². The topological polar surface area (TPSA) is 74.4 Å². The van der Waals surface area contributed by atoms with Crippen molar-refractivity contribution in [3.8, 4) is 11.5 Å². The molecule has 3 rings (SSSR count). The zero-order valence-electron chi connectivity index (χ0n) is 17.6. The second-order valence-corrected chi connectivity index (χ2v) is 7.85. The van der Waals surface area contributed by atoms with Crippen LogP contribution in [0.3, 0.4) is 0 Å². The number of hydrogen-bond acceptors (Lipinski definition) is 6. The van der Waals surface area contributed by atoms with E-state index in [4.69, 9.17) is 9.47 Å². The van der Waals surface area contributed by atoms with Crippen LogP contribution >= 0.6 is 0 Å². The van der Waals surface area contributed by atoms with Gasteiger partial charge in [-0.05, 0) is 38.1 Å². The Morgan fingerprint density at radius 1 is 1.10 bits per heavy atom. The maximum atomic E-state index is 12.6. The van der Waals surface area contributed by atoms with Crippen molar-refractivity contribution in [2.45, 2.75) is 25.4 Å². The van der Waals surface area contributed by atoms with E-state index in [1.54, 1.807) is 19.1 Å². The number of amides is 2. The van der Waals surface area contributed by atoms with Gasteiger partial charge in [-0.1, -0.05) is 0 Å². The predicted octanol–water partition coefficient (Wildman–Crippen LogP) is 0.558. The molecular weight excluding hydrogens is 372 g/mol. The van der Waals surface area contributed by atoms with Gasteiger partial charge >= 0.3 is 0 Å². The number of nitrogens with zero attached hydrogens (tertiary/aromatic N) is 3. The lowest BCUT2D eigenvalue weighted by atomic mass is 10.1. The number of nitrogens with one attached hydrogen (secondary N) is 1. The third-order valence-electron chi connectivity index (χ3n) is 5.37. The molecule has 1 saturated heterocycles. The van der Waals surface area contributed by atoms with E-state index in [-0.39, 0.29) is 24.9 Å². The molecule has 1 aliphatic carbocycles. The molecule has 2 amide bonds. The number of benzene rings is 1. The molecule has 160 valence electrons. The largest absolute Gasteiger partial charge is 0.497 e. The fourth-order valence-corrected chi connectivity index (χ4v) is 3.53. The molecule has 1 aromatic carbocycles. The number of methoxy groups -OCH3 is 2. The molecule has 1 N–H and O–H groups in total. The van der Waals surface area contributed by atoms with Crippen LogP contribution in [0.25, 0.3) is 0 Å². The van der Waals surface area contributed by atoms with E-state index in [0.29, 0.717) is 19.1 Å². The highest BCUT2D eigenvalue weighted by molar-refractivity contribution is 5.81. The normalized spacial score (nSPS) is 17.3. The minimum Gasteiger partial charge on any atom is -0.497 e. The predicted molar refractivity (Wildman–Crippen MR) is 110 cm³/mol. The molecule has 0 aromatic heterocycles. The summed E-state index contributed by atoms with van der Waals surface area (Å²) in [7, 11) is 5.14. The number of carbonyl (C=O) groups is 2. The SMILES string of the molecule is COc1ccc(OC)c(CN2CCN(C(=O)CN(C)CC(=O)NC3CC3)CC2)c1. The number of hydrogen-bond donors (Lipinski definition) is 1. The van der Waals surface area contributed by atoms with Crippen molar-refractivity contribution in [3.05, 3.63) is 23.8 Å². The van der Waals surface area contributed by atoms with Gasteiger partial charge in [0.15, 0.2) is 0 Å². The second-order valence-electron chi connectivity index (χ2n) is 7.85. The highest BCUT2D eigenvalue weighted by Gasteiger charge is 2.25. The summed E-state index contributed by atoms with van der Waals surface area (Å²) in [6, 6.07) is 6.16. The van der Waals surface area contributed by atoms with Gasteiger partial charge in [-0.15, -0.1) is 0 Å². The van der Waals surface area contributed by atoms with Gasteiger partial charge in [0.1, 0.15) is 11.5 Å². The molecular formula is C21H32N4O4. The molecule has 0 atom stereocenters. The quantitative estimate of drug-likeness (QED) is 0.648. The minimum absolute atomic E-state index is 0.000133. The lowest BCUT2D eigenvalue weighted by molar-refractivity contribution is -0.134. The molecule has 0 bridgehead atoms. The first-order chi connectivity index (χ1) is 14.0. The molecule has 1 aromatic rings. The number of rotatable bonds is 9. The van der Waals surface area contributed by atoms with Crippen molar-refractivity contribution >= 4 is 11.8 Å². The summed E-state index contributed by atoms with van der Waals surface area (Å²) in [5.74, 6) is 1.73. The summed E-state index contributed by atoms with van der Waals surface area (Å²) >= 11 is 0. The molecule has 0 radical (unpaired) electrons. The summed E-state index contributed by atoms with van der Waals surface area (Å²) in [6.45, 7) is 4.26. The van der Waals surface area contributed by atoms with Gasteiger partial charge in [0.25, 0.3) is 0 Å². The van der Waals surface area contributed by atoms with Crippen molar-refractivity contribution in [1.29, 1.82) is 0 Å². The van der Waals surface area contributed by atoms with E-state index in [2.05, 4.69) is 10.2 Å². The highest BCUT2D eigenvalue weighted by atomic mass is 16.5. The fraction of sp³-hybridized carbons (Fsp3) is 0.619. The Morgan fingerprint density at radius 3 is 2.45 bits per heavy atom. The molecule has 0 unspecified atom stereocenters. The molecule has 1 saturated carbocycles. The monoisotopic (exact) mass is 404 g/mol. The maximum Gasteiger partial charge on any atom is 0.236 e. The zero-order chi connectivity index (χ0) is 20.8. The fourth-order valence-electron chi connectivity index (χ4n) is 3.53. The van der Waals surface area contributed by atoms with E-state index < -0.39 is 0 Å².